The molecule has 0 aliphatic carbocycles. The van der Waals surface area contributed by atoms with Crippen molar-refractivity contribution in [1.82, 2.24) is 0 Å². The second-order valence-electron chi connectivity index (χ2n) is 5.88. The molecule has 31 heavy (non-hydrogen) atoms. The highest BCUT2D eigenvalue weighted by molar-refractivity contribution is 6.44. The van der Waals surface area contributed by atoms with E-state index in [4.69, 9.17) is 86.7 Å². The summed E-state index contributed by atoms with van der Waals surface area (Å²) in [4.78, 5) is 24.1. The Kier molecular flexibility index (Phi) is 10.2. The molecule has 2 unspecified atom stereocenters. The van der Waals surface area contributed by atoms with Crippen molar-refractivity contribution >= 4 is 97.4 Å². The molecule has 2 rings (SSSR count). The van der Waals surface area contributed by atoms with Gasteiger partial charge in [0.25, 0.3) is 0 Å². The first kappa shape index (κ1) is 26.5. The number of halogens is 6. The van der Waals surface area contributed by atoms with Crippen molar-refractivity contribution in [3.05, 3.63) is 54.4 Å². The minimum atomic E-state index is -1.47. The Bertz CT molecular complexity index is 911. The first-order chi connectivity index (χ1) is 14.5. The Hall–Kier alpha value is -0.748. The van der Waals surface area contributed by atoms with Crippen molar-refractivity contribution in [2.45, 2.75) is 26.1 Å². The summed E-state index contributed by atoms with van der Waals surface area (Å²) in [5, 5.41) is 1.22. The fourth-order valence-corrected chi connectivity index (χ4v) is 3.76. The van der Waals surface area contributed by atoms with Gasteiger partial charge in [0.2, 0.25) is 0 Å². The van der Waals surface area contributed by atoms with Crippen molar-refractivity contribution in [3.8, 4) is 11.5 Å². The second kappa shape index (κ2) is 11.9. The van der Waals surface area contributed by atoms with Gasteiger partial charge in [0.15, 0.2) is 12.2 Å². The van der Waals surface area contributed by atoms with Crippen LogP contribution in [0.15, 0.2) is 24.3 Å². The molecule has 0 fully saturated rings. The summed E-state index contributed by atoms with van der Waals surface area (Å²) in [6.45, 7) is 2.86. The number of carbonyl (C=O) groups excluding carboxylic acids is 2. The molecule has 13 heteroatoms. The third-order valence-corrected chi connectivity index (χ3v) is 6.24. The van der Waals surface area contributed by atoms with E-state index in [1.54, 1.807) is 0 Å². The molecule has 0 bridgehead atoms. The van der Waals surface area contributed by atoms with Gasteiger partial charge in [0, 0.05) is 12.1 Å². The number of rotatable bonds is 8. The van der Waals surface area contributed by atoms with Gasteiger partial charge in [-0.25, -0.2) is 0 Å². The molecule has 0 aliphatic heterocycles. The van der Waals surface area contributed by atoms with E-state index in [1.165, 1.54) is 38.1 Å². The summed E-state index contributed by atoms with van der Waals surface area (Å²) in [6, 6.07) is 5.51. The fourth-order valence-electron chi connectivity index (χ4n) is 1.98. The van der Waals surface area contributed by atoms with Gasteiger partial charge in [0.05, 0.1) is 30.1 Å². The van der Waals surface area contributed by atoms with Crippen LogP contribution in [0.25, 0.3) is 0 Å². The molecule has 1 radical (unpaired) electrons. The summed E-state index contributed by atoms with van der Waals surface area (Å²) in [7, 11) is 0. The summed E-state index contributed by atoms with van der Waals surface area (Å²) in [6.07, 6.45) is -2.10. The molecule has 0 N–H and O–H groups in total. The smallest absolute Gasteiger partial charge is 0.587 e. The first-order valence-electron chi connectivity index (χ1n) is 8.34. The summed E-state index contributed by atoms with van der Waals surface area (Å²) in [5.41, 5.74) is 0. The van der Waals surface area contributed by atoms with Gasteiger partial charge in [-0.1, -0.05) is 69.6 Å². The van der Waals surface area contributed by atoms with Crippen LogP contribution >= 0.6 is 69.6 Å². The fraction of sp³-hybridized carbons (Fsp3) is 0.222. The van der Waals surface area contributed by atoms with Gasteiger partial charge in [-0.05, 0) is 26.0 Å². The number of benzene rings is 2. The van der Waals surface area contributed by atoms with E-state index in [9.17, 15) is 9.59 Å². The van der Waals surface area contributed by atoms with E-state index in [1.807, 2.05) is 0 Å². The predicted molar refractivity (Wildman–Crippen MR) is 121 cm³/mol. The number of hydrogen-bond acceptors (Lipinski definition) is 6. The van der Waals surface area contributed by atoms with E-state index in [0.29, 0.717) is 0 Å². The standard InChI is InChI=1S/2C9H7Cl3O3.Al/c2*1-4(9(13)14)15-8-3-6(11)5(10)2-7(8)12;/h2*2-4H,1H3,(H,13,14);/q;;+2/p-2. The normalized spacial score (nSPS) is 12.5. The maximum Gasteiger partial charge on any atom is 0.886 e. The van der Waals surface area contributed by atoms with E-state index in [0.717, 1.165) is 0 Å². The SMILES string of the molecule is CC(Oc1cc(Cl)c(Cl)cc1Cl)C(=O)[O][Al][O]C(=O)C(C)Oc1cc(Cl)c(Cl)cc1Cl. The predicted octanol–water partition coefficient (Wildman–Crippen LogP) is 6.46. The number of carbonyl (C=O) groups is 2. The van der Waals surface area contributed by atoms with Crippen LogP contribution in [0.4, 0.5) is 0 Å². The molecule has 0 aromatic heterocycles. The minimum Gasteiger partial charge on any atom is -0.587 e. The highest BCUT2D eigenvalue weighted by Crippen LogP contribution is 2.35. The molecule has 0 saturated heterocycles. The molecule has 0 aliphatic rings. The zero-order valence-corrected chi connectivity index (χ0v) is 21.4. The monoisotopic (exact) mass is 561 g/mol. The van der Waals surface area contributed by atoms with E-state index in [2.05, 4.69) is 0 Å². The maximum absolute atomic E-state index is 12.1. The van der Waals surface area contributed by atoms with Crippen molar-refractivity contribution in [2.75, 3.05) is 0 Å². The lowest BCUT2D eigenvalue weighted by atomic mass is 10.3. The zero-order chi connectivity index (χ0) is 23.3. The molecule has 2 aromatic carbocycles. The largest absolute Gasteiger partial charge is 0.886 e. The van der Waals surface area contributed by atoms with E-state index in [-0.39, 0.29) is 41.6 Å². The lowest BCUT2D eigenvalue weighted by Crippen LogP contribution is -2.32. The Balaban J connectivity index is 1.84. The Morgan fingerprint density at radius 3 is 1.32 bits per heavy atom. The van der Waals surface area contributed by atoms with Crippen LogP contribution in [0.3, 0.4) is 0 Å². The van der Waals surface area contributed by atoms with Crippen molar-refractivity contribution < 1.29 is 26.6 Å². The number of ether oxygens (including phenoxy) is 2. The quantitative estimate of drug-likeness (QED) is 0.271. The molecule has 0 saturated carbocycles. The van der Waals surface area contributed by atoms with Crippen LogP contribution < -0.4 is 9.47 Å². The molecular formula is C18H12AlCl6O6. The summed E-state index contributed by atoms with van der Waals surface area (Å²) >= 11 is 34.0. The molecule has 165 valence electrons. The molecule has 0 amide bonds. The molecule has 0 spiro atoms. The first-order valence-corrected chi connectivity index (χ1v) is 11.6. The lowest BCUT2D eigenvalue weighted by molar-refractivity contribution is -0.146. The summed E-state index contributed by atoms with van der Waals surface area (Å²) in [5.74, 6) is -1.25. The van der Waals surface area contributed by atoms with Crippen LogP contribution in [0, 0.1) is 0 Å². The molecule has 6 nitrogen and oxygen atoms in total. The van der Waals surface area contributed by atoms with Crippen LogP contribution in [0.5, 0.6) is 11.5 Å². The van der Waals surface area contributed by atoms with Crippen LogP contribution in [0.2, 0.25) is 30.1 Å². The van der Waals surface area contributed by atoms with Gasteiger partial charge < -0.3 is 17.1 Å². The Labute approximate surface area is 214 Å². The third kappa shape index (κ3) is 7.66. The average Bonchev–Trinajstić information content (AvgIpc) is 2.69. The van der Waals surface area contributed by atoms with Crippen LogP contribution in [-0.2, 0) is 17.2 Å². The van der Waals surface area contributed by atoms with Gasteiger partial charge in [0.1, 0.15) is 11.5 Å². The molecule has 2 aromatic rings. The summed E-state index contributed by atoms with van der Waals surface area (Å²) < 4.78 is 20.7. The molecule has 2 atom stereocenters. The second-order valence-corrected chi connectivity index (χ2v) is 8.99. The average molecular weight is 564 g/mol. The Morgan fingerprint density at radius 1 is 0.645 bits per heavy atom. The van der Waals surface area contributed by atoms with Crippen molar-refractivity contribution in [2.24, 2.45) is 0 Å². The van der Waals surface area contributed by atoms with Crippen LogP contribution in [-0.4, -0.2) is 40.0 Å². The maximum atomic E-state index is 12.1. The van der Waals surface area contributed by atoms with Gasteiger partial charge >= 0.3 is 27.8 Å². The lowest BCUT2D eigenvalue weighted by Gasteiger charge is -2.17. The van der Waals surface area contributed by atoms with Gasteiger partial charge in [-0.15, -0.1) is 0 Å². The van der Waals surface area contributed by atoms with E-state index >= 15 is 0 Å². The topological polar surface area (TPSA) is 71.1 Å². The molecule has 0 heterocycles. The van der Waals surface area contributed by atoms with Crippen molar-refractivity contribution in [1.29, 1.82) is 0 Å². The van der Waals surface area contributed by atoms with Crippen molar-refractivity contribution in [3.63, 3.8) is 0 Å². The zero-order valence-electron chi connectivity index (χ0n) is 15.8. The molecular weight excluding hydrogens is 552 g/mol. The minimum absolute atomic E-state index is 0.146. The van der Waals surface area contributed by atoms with Crippen LogP contribution in [0.1, 0.15) is 13.8 Å². The Morgan fingerprint density at radius 2 is 0.968 bits per heavy atom. The highest BCUT2D eigenvalue weighted by Gasteiger charge is 2.25. The van der Waals surface area contributed by atoms with E-state index < -0.39 is 40.0 Å². The highest BCUT2D eigenvalue weighted by atomic mass is 35.5. The van der Waals surface area contributed by atoms with Gasteiger partial charge in [-0.3, -0.25) is 9.59 Å². The third-order valence-electron chi connectivity index (χ3n) is 3.55. The van der Waals surface area contributed by atoms with Gasteiger partial charge in [-0.2, -0.15) is 0 Å². The number of hydrogen-bond donors (Lipinski definition) is 0.